The zero-order chi connectivity index (χ0) is 11.5. The summed E-state index contributed by atoms with van der Waals surface area (Å²) in [4.78, 5) is 0. The molecule has 98 valence electrons. The van der Waals surface area contributed by atoms with Crippen LogP contribution in [0.25, 0.3) is 0 Å². The van der Waals surface area contributed by atoms with Crippen molar-refractivity contribution in [1.29, 1.82) is 0 Å². The third-order valence-electron chi connectivity index (χ3n) is 5.01. The van der Waals surface area contributed by atoms with E-state index in [2.05, 4.69) is 5.32 Å². The van der Waals surface area contributed by atoms with Crippen LogP contribution in [0.4, 0.5) is 0 Å². The summed E-state index contributed by atoms with van der Waals surface area (Å²) in [6.45, 7) is 3.34. The molecule has 0 radical (unpaired) electrons. The molecule has 3 rings (SSSR count). The van der Waals surface area contributed by atoms with Gasteiger partial charge in [0.2, 0.25) is 0 Å². The van der Waals surface area contributed by atoms with Crippen LogP contribution in [0.15, 0.2) is 0 Å². The Hall–Kier alpha value is -0.0800. The van der Waals surface area contributed by atoms with Crippen molar-refractivity contribution in [1.82, 2.24) is 5.32 Å². The Kier molecular flexibility index (Phi) is 4.02. The van der Waals surface area contributed by atoms with E-state index in [9.17, 15) is 0 Å². The number of nitrogens with one attached hydrogen (secondary N) is 1. The van der Waals surface area contributed by atoms with Gasteiger partial charge in [-0.2, -0.15) is 0 Å². The summed E-state index contributed by atoms with van der Waals surface area (Å²) < 4.78 is 5.70. The highest BCUT2D eigenvalue weighted by atomic mass is 16.5. The fraction of sp³-hybridized carbons (Fsp3) is 1.00. The van der Waals surface area contributed by atoms with Gasteiger partial charge in [0.05, 0.1) is 0 Å². The Morgan fingerprint density at radius 1 is 0.941 bits per heavy atom. The van der Waals surface area contributed by atoms with Gasteiger partial charge in [-0.25, -0.2) is 0 Å². The van der Waals surface area contributed by atoms with Gasteiger partial charge in [0.15, 0.2) is 0 Å². The summed E-state index contributed by atoms with van der Waals surface area (Å²) in [7, 11) is 0. The minimum Gasteiger partial charge on any atom is -0.381 e. The van der Waals surface area contributed by atoms with E-state index in [1.54, 1.807) is 0 Å². The standard InChI is InChI=1S/C15H27NO/c1-2-6-15(13-5-3-9-17-11-13)12(4-1)10-16-14-7-8-14/h12-16H,1-11H2. The summed E-state index contributed by atoms with van der Waals surface area (Å²) in [5, 5.41) is 3.75. The summed E-state index contributed by atoms with van der Waals surface area (Å²) in [6, 6.07) is 0.875. The van der Waals surface area contributed by atoms with Gasteiger partial charge in [0.1, 0.15) is 0 Å². The SMILES string of the molecule is C1CCC(C2CCCOC2)C(CNC2CC2)C1. The second-order valence-electron chi connectivity index (χ2n) is 6.37. The lowest BCUT2D eigenvalue weighted by Gasteiger charge is -2.39. The zero-order valence-electron chi connectivity index (χ0n) is 11.0. The molecular formula is C15H27NO. The molecule has 0 aromatic carbocycles. The molecule has 3 unspecified atom stereocenters. The topological polar surface area (TPSA) is 21.3 Å². The fourth-order valence-corrected chi connectivity index (χ4v) is 3.82. The average Bonchev–Trinajstić information content (AvgIpc) is 3.22. The Morgan fingerprint density at radius 2 is 1.82 bits per heavy atom. The van der Waals surface area contributed by atoms with Gasteiger partial charge in [-0.05, 0) is 62.8 Å². The van der Waals surface area contributed by atoms with E-state index in [4.69, 9.17) is 4.74 Å². The Morgan fingerprint density at radius 3 is 2.59 bits per heavy atom. The van der Waals surface area contributed by atoms with Crippen LogP contribution in [0.1, 0.15) is 51.4 Å². The van der Waals surface area contributed by atoms with Gasteiger partial charge in [-0.1, -0.05) is 12.8 Å². The normalized spacial score (nSPS) is 39.2. The van der Waals surface area contributed by atoms with Gasteiger partial charge in [-0.3, -0.25) is 0 Å². The maximum atomic E-state index is 5.70. The van der Waals surface area contributed by atoms with Gasteiger partial charge in [0.25, 0.3) is 0 Å². The fourth-order valence-electron chi connectivity index (χ4n) is 3.82. The summed E-state index contributed by atoms with van der Waals surface area (Å²) in [6.07, 6.45) is 11.4. The first-order valence-corrected chi connectivity index (χ1v) is 7.74. The van der Waals surface area contributed by atoms with Crippen molar-refractivity contribution in [3.05, 3.63) is 0 Å². The Balaban J connectivity index is 1.53. The van der Waals surface area contributed by atoms with Gasteiger partial charge >= 0.3 is 0 Å². The molecular weight excluding hydrogens is 210 g/mol. The zero-order valence-corrected chi connectivity index (χ0v) is 11.0. The van der Waals surface area contributed by atoms with E-state index in [1.807, 2.05) is 0 Å². The van der Waals surface area contributed by atoms with Crippen molar-refractivity contribution >= 4 is 0 Å². The third-order valence-corrected chi connectivity index (χ3v) is 5.01. The van der Waals surface area contributed by atoms with Crippen LogP contribution in [0.5, 0.6) is 0 Å². The van der Waals surface area contributed by atoms with Gasteiger partial charge in [-0.15, -0.1) is 0 Å². The molecule has 0 amide bonds. The molecule has 1 heterocycles. The Labute approximate surface area is 105 Å². The molecule has 2 nitrogen and oxygen atoms in total. The quantitative estimate of drug-likeness (QED) is 0.811. The molecule has 0 bridgehead atoms. The van der Waals surface area contributed by atoms with Crippen molar-refractivity contribution < 1.29 is 4.74 Å². The molecule has 2 saturated carbocycles. The predicted molar refractivity (Wildman–Crippen MR) is 70.0 cm³/mol. The van der Waals surface area contributed by atoms with Crippen molar-refractivity contribution in [2.75, 3.05) is 19.8 Å². The first-order chi connectivity index (χ1) is 8.43. The van der Waals surface area contributed by atoms with Crippen LogP contribution in [0.2, 0.25) is 0 Å². The summed E-state index contributed by atoms with van der Waals surface area (Å²) >= 11 is 0. The van der Waals surface area contributed by atoms with Crippen molar-refractivity contribution in [3.8, 4) is 0 Å². The smallest absolute Gasteiger partial charge is 0.0497 e. The maximum Gasteiger partial charge on any atom is 0.0497 e. The molecule has 1 saturated heterocycles. The van der Waals surface area contributed by atoms with Crippen LogP contribution in [0.3, 0.4) is 0 Å². The number of rotatable bonds is 4. The lowest BCUT2D eigenvalue weighted by Crippen LogP contribution is -2.38. The molecule has 1 aliphatic heterocycles. The molecule has 0 spiro atoms. The summed E-state index contributed by atoms with van der Waals surface area (Å²) in [5.74, 6) is 2.77. The monoisotopic (exact) mass is 237 g/mol. The van der Waals surface area contributed by atoms with Crippen molar-refractivity contribution in [3.63, 3.8) is 0 Å². The van der Waals surface area contributed by atoms with E-state index < -0.39 is 0 Å². The van der Waals surface area contributed by atoms with Crippen molar-refractivity contribution in [2.24, 2.45) is 17.8 Å². The lowest BCUT2D eigenvalue weighted by molar-refractivity contribution is 0.00569. The molecule has 17 heavy (non-hydrogen) atoms. The second-order valence-corrected chi connectivity index (χ2v) is 6.37. The number of hydrogen-bond acceptors (Lipinski definition) is 2. The molecule has 3 fully saturated rings. The molecule has 2 heteroatoms. The lowest BCUT2D eigenvalue weighted by atomic mass is 9.71. The Bertz CT molecular complexity index is 233. The van der Waals surface area contributed by atoms with Crippen LogP contribution in [-0.2, 0) is 4.74 Å². The van der Waals surface area contributed by atoms with Crippen LogP contribution >= 0.6 is 0 Å². The molecule has 2 aliphatic carbocycles. The largest absolute Gasteiger partial charge is 0.381 e. The molecule has 0 aromatic heterocycles. The van der Waals surface area contributed by atoms with Crippen LogP contribution in [0, 0.1) is 17.8 Å². The predicted octanol–water partition coefficient (Wildman–Crippen LogP) is 2.97. The van der Waals surface area contributed by atoms with E-state index in [0.29, 0.717) is 0 Å². The van der Waals surface area contributed by atoms with Crippen LogP contribution in [-0.4, -0.2) is 25.8 Å². The second kappa shape index (κ2) is 5.71. The third kappa shape index (κ3) is 3.23. The molecule has 3 aliphatic rings. The number of hydrogen-bond donors (Lipinski definition) is 1. The first-order valence-electron chi connectivity index (χ1n) is 7.74. The van der Waals surface area contributed by atoms with Gasteiger partial charge in [0, 0.05) is 19.3 Å². The highest BCUT2D eigenvalue weighted by Crippen LogP contribution is 2.38. The highest BCUT2D eigenvalue weighted by molar-refractivity contribution is 4.87. The first kappa shape index (κ1) is 12.0. The molecule has 3 atom stereocenters. The molecule has 1 N–H and O–H groups in total. The van der Waals surface area contributed by atoms with Gasteiger partial charge < -0.3 is 10.1 Å². The average molecular weight is 237 g/mol. The minimum absolute atomic E-state index is 0.870. The van der Waals surface area contributed by atoms with Crippen LogP contribution < -0.4 is 5.32 Å². The van der Waals surface area contributed by atoms with E-state index >= 15 is 0 Å². The van der Waals surface area contributed by atoms with Crippen molar-refractivity contribution in [2.45, 2.75) is 57.4 Å². The van der Waals surface area contributed by atoms with E-state index in [-0.39, 0.29) is 0 Å². The molecule has 0 aromatic rings. The number of ether oxygens (including phenoxy) is 1. The highest BCUT2D eigenvalue weighted by Gasteiger charge is 2.33. The minimum atomic E-state index is 0.870. The van der Waals surface area contributed by atoms with E-state index in [0.717, 1.165) is 37.0 Å². The van der Waals surface area contributed by atoms with E-state index in [1.165, 1.54) is 57.9 Å². The maximum absolute atomic E-state index is 5.70. The summed E-state index contributed by atoms with van der Waals surface area (Å²) in [5.41, 5.74) is 0.